The number of imidazole rings is 1. The topological polar surface area (TPSA) is 82.5 Å². The van der Waals surface area contributed by atoms with Crippen molar-refractivity contribution in [3.05, 3.63) is 82.9 Å². The highest BCUT2D eigenvalue weighted by atomic mass is 19.4. The van der Waals surface area contributed by atoms with E-state index in [-0.39, 0.29) is 48.2 Å². The SMILES string of the molecule is O=C(N[C@@H]1CC[C@@H](c2cccc(F)c2F)Cn2c(CC(F)(F)F)cnc21)N1CCC(N2Cc3ccccc3NC2=O)CC1. The van der Waals surface area contributed by atoms with Crippen molar-refractivity contribution in [1.82, 2.24) is 24.7 Å². The molecule has 6 rings (SSSR count). The van der Waals surface area contributed by atoms with Crippen molar-refractivity contribution in [3.8, 4) is 0 Å². The molecule has 43 heavy (non-hydrogen) atoms. The zero-order chi connectivity index (χ0) is 30.3. The molecule has 0 saturated carbocycles. The van der Waals surface area contributed by atoms with Crippen molar-refractivity contribution in [2.24, 2.45) is 0 Å². The molecule has 228 valence electrons. The zero-order valence-electron chi connectivity index (χ0n) is 23.2. The van der Waals surface area contributed by atoms with E-state index in [1.165, 1.54) is 16.7 Å². The van der Waals surface area contributed by atoms with Crippen LogP contribution in [0.4, 0.5) is 37.2 Å². The predicted octanol–water partition coefficient (Wildman–Crippen LogP) is 6.11. The molecule has 8 nitrogen and oxygen atoms in total. The summed E-state index contributed by atoms with van der Waals surface area (Å²) in [5, 5.41) is 5.86. The van der Waals surface area contributed by atoms with Gasteiger partial charge in [0.05, 0.1) is 12.5 Å². The molecule has 1 saturated heterocycles. The van der Waals surface area contributed by atoms with Crippen LogP contribution in [0.2, 0.25) is 0 Å². The molecule has 4 heterocycles. The van der Waals surface area contributed by atoms with Crippen LogP contribution in [0.3, 0.4) is 0 Å². The minimum atomic E-state index is -4.50. The molecule has 0 radical (unpaired) electrons. The molecule has 3 aromatic rings. The molecule has 3 aliphatic rings. The molecule has 2 atom stereocenters. The van der Waals surface area contributed by atoms with Gasteiger partial charge in [0.25, 0.3) is 0 Å². The first kappa shape index (κ1) is 28.9. The summed E-state index contributed by atoms with van der Waals surface area (Å²) < 4.78 is 70.3. The van der Waals surface area contributed by atoms with Crippen LogP contribution in [0.25, 0.3) is 0 Å². The number of fused-ring (bicyclic) bond motifs is 2. The molecule has 0 bridgehead atoms. The van der Waals surface area contributed by atoms with Gasteiger partial charge in [0.2, 0.25) is 0 Å². The van der Waals surface area contributed by atoms with Crippen LogP contribution in [0.1, 0.15) is 60.3 Å². The lowest BCUT2D eigenvalue weighted by atomic mass is 9.92. The summed E-state index contributed by atoms with van der Waals surface area (Å²) in [5.74, 6) is -2.41. The van der Waals surface area contributed by atoms with Crippen LogP contribution in [-0.2, 0) is 19.5 Å². The van der Waals surface area contributed by atoms with E-state index in [2.05, 4.69) is 15.6 Å². The second-order valence-electron chi connectivity index (χ2n) is 11.4. The van der Waals surface area contributed by atoms with E-state index >= 15 is 0 Å². The molecule has 13 heteroatoms. The third-order valence-corrected chi connectivity index (χ3v) is 8.64. The van der Waals surface area contributed by atoms with Crippen LogP contribution in [0.5, 0.6) is 0 Å². The maximum absolute atomic E-state index is 14.7. The van der Waals surface area contributed by atoms with Gasteiger partial charge >= 0.3 is 18.2 Å². The van der Waals surface area contributed by atoms with Gasteiger partial charge < -0.3 is 25.0 Å². The number of amides is 4. The number of hydrogen-bond acceptors (Lipinski definition) is 3. The summed E-state index contributed by atoms with van der Waals surface area (Å²) in [4.78, 5) is 33.8. The highest BCUT2D eigenvalue weighted by Crippen LogP contribution is 2.36. The van der Waals surface area contributed by atoms with Gasteiger partial charge in [0, 0.05) is 55.7 Å². The van der Waals surface area contributed by atoms with Crippen LogP contribution in [0.15, 0.2) is 48.7 Å². The second-order valence-corrected chi connectivity index (χ2v) is 11.4. The van der Waals surface area contributed by atoms with E-state index in [4.69, 9.17) is 0 Å². The predicted molar refractivity (Wildman–Crippen MR) is 147 cm³/mol. The van der Waals surface area contributed by atoms with E-state index in [1.54, 1.807) is 9.80 Å². The Kier molecular flexibility index (Phi) is 7.74. The second kappa shape index (κ2) is 11.5. The lowest BCUT2D eigenvalue weighted by molar-refractivity contribution is -0.128. The third kappa shape index (κ3) is 6.02. The quantitative estimate of drug-likeness (QED) is 0.354. The average Bonchev–Trinajstić information content (AvgIpc) is 3.26. The molecule has 4 amide bonds. The fourth-order valence-electron chi connectivity index (χ4n) is 6.44. The van der Waals surface area contributed by atoms with Gasteiger partial charge in [-0.1, -0.05) is 30.3 Å². The molecule has 2 aromatic carbocycles. The number of carbonyl (C=O) groups excluding carboxylic acids is 2. The molecule has 0 spiro atoms. The summed E-state index contributed by atoms with van der Waals surface area (Å²) in [6, 6.07) is 10.1. The number of urea groups is 2. The van der Waals surface area contributed by atoms with Crippen molar-refractivity contribution in [2.75, 3.05) is 18.4 Å². The maximum Gasteiger partial charge on any atom is 0.394 e. The van der Waals surface area contributed by atoms with E-state index in [0.29, 0.717) is 38.9 Å². The molecule has 1 aromatic heterocycles. The first-order valence-electron chi connectivity index (χ1n) is 14.3. The molecular weight excluding hydrogens is 571 g/mol. The number of nitrogens with one attached hydrogen (secondary N) is 2. The fraction of sp³-hybridized carbons (Fsp3) is 0.433. The Balaban J connectivity index is 1.15. The summed E-state index contributed by atoms with van der Waals surface area (Å²) >= 11 is 0. The number of alkyl halides is 3. The molecule has 0 unspecified atom stereocenters. The monoisotopic (exact) mass is 602 g/mol. The summed E-state index contributed by atoms with van der Waals surface area (Å²) in [5.41, 5.74) is 1.79. The van der Waals surface area contributed by atoms with E-state index in [1.807, 2.05) is 24.3 Å². The number of nitrogens with zero attached hydrogens (tertiary/aromatic N) is 4. The Morgan fingerprint density at radius 1 is 1.02 bits per heavy atom. The standard InChI is InChI=1S/C30H31F5N6O2/c31-23-6-3-5-22(26(23)32)18-8-9-25(27-36-15-21(40(27)16-18)14-30(33,34)35)38-28(42)39-12-10-20(11-13-39)41-17-19-4-1-2-7-24(19)37-29(41)43/h1-7,15,18,20,25H,8-14,16-17H2,(H,37,43)(H,38,42)/t18-,25-/m1/s1. The number of aromatic nitrogens is 2. The van der Waals surface area contributed by atoms with Gasteiger partial charge in [-0.05, 0) is 48.9 Å². The van der Waals surface area contributed by atoms with Gasteiger partial charge in [-0.3, -0.25) is 0 Å². The smallest absolute Gasteiger partial charge is 0.329 e. The number of halogens is 5. The van der Waals surface area contributed by atoms with Crippen LogP contribution in [0, 0.1) is 11.6 Å². The minimum absolute atomic E-state index is 0.0279. The Bertz CT molecular complexity index is 1520. The number of anilines is 1. The molecule has 0 aliphatic carbocycles. The van der Waals surface area contributed by atoms with Crippen molar-refractivity contribution in [3.63, 3.8) is 0 Å². The Morgan fingerprint density at radius 3 is 2.56 bits per heavy atom. The lowest BCUT2D eigenvalue weighted by Gasteiger charge is -2.40. The van der Waals surface area contributed by atoms with Gasteiger partial charge in [-0.2, -0.15) is 13.2 Å². The Morgan fingerprint density at radius 2 is 1.79 bits per heavy atom. The van der Waals surface area contributed by atoms with Crippen molar-refractivity contribution < 1.29 is 31.5 Å². The van der Waals surface area contributed by atoms with Gasteiger partial charge in [0.15, 0.2) is 11.6 Å². The summed E-state index contributed by atoms with van der Waals surface area (Å²) in [7, 11) is 0. The lowest BCUT2D eigenvalue weighted by Crippen LogP contribution is -2.52. The number of para-hydroxylation sites is 1. The van der Waals surface area contributed by atoms with Gasteiger partial charge in [-0.15, -0.1) is 0 Å². The normalized spacial score (nSPS) is 21.1. The van der Waals surface area contributed by atoms with Gasteiger partial charge in [-0.25, -0.2) is 23.4 Å². The number of piperidine rings is 1. The van der Waals surface area contributed by atoms with Crippen LogP contribution < -0.4 is 10.6 Å². The van der Waals surface area contributed by atoms with Crippen molar-refractivity contribution >= 4 is 17.7 Å². The minimum Gasteiger partial charge on any atom is -0.329 e. The van der Waals surface area contributed by atoms with E-state index in [0.717, 1.165) is 23.5 Å². The molecule has 1 fully saturated rings. The third-order valence-electron chi connectivity index (χ3n) is 8.64. The number of likely N-dealkylation sites (tertiary alicyclic amines) is 1. The van der Waals surface area contributed by atoms with Crippen LogP contribution in [-0.4, -0.2) is 56.7 Å². The van der Waals surface area contributed by atoms with Crippen molar-refractivity contribution in [1.29, 1.82) is 0 Å². The number of rotatable bonds is 4. The van der Waals surface area contributed by atoms with E-state index in [9.17, 15) is 31.5 Å². The highest BCUT2D eigenvalue weighted by Gasteiger charge is 2.37. The average molecular weight is 603 g/mol. The fourth-order valence-corrected chi connectivity index (χ4v) is 6.44. The first-order valence-corrected chi connectivity index (χ1v) is 14.3. The van der Waals surface area contributed by atoms with E-state index < -0.39 is 36.2 Å². The summed E-state index contributed by atoms with van der Waals surface area (Å²) in [6.45, 7) is 1.23. The van der Waals surface area contributed by atoms with Crippen LogP contribution >= 0.6 is 0 Å². The zero-order valence-corrected chi connectivity index (χ0v) is 23.2. The molecule has 2 N–H and O–H groups in total. The number of carbonyl (C=O) groups is 2. The molecule has 3 aliphatic heterocycles. The van der Waals surface area contributed by atoms with Gasteiger partial charge in [0.1, 0.15) is 5.82 Å². The molecular formula is C30H31F5N6O2. The number of hydrogen-bond donors (Lipinski definition) is 2. The number of benzene rings is 2. The largest absolute Gasteiger partial charge is 0.394 e. The maximum atomic E-state index is 14.7. The van der Waals surface area contributed by atoms with Crippen molar-refractivity contribution in [2.45, 2.75) is 69.4 Å². The highest BCUT2D eigenvalue weighted by molar-refractivity contribution is 5.92. The Hall–Kier alpha value is -4.16. The Labute approximate surface area is 244 Å². The summed E-state index contributed by atoms with van der Waals surface area (Å²) in [6.07, 6.45) is -2.88. The first-order chi connectivity index (χ1) is 20.6.